The second kappa shape index (κ2) is 7.83. The highest BCUT2D eigenvalue weighted by Crippen LogP contribution is 2.24. The second-order valence-corrected chi connectivity index (χ2v) is 7.81. The normalized spacial score (nSPS) is 11.1. The number of rotatable bonds is 6. The van der Waals surface area contributed by atoms with Gasteiger partial charge in [0, 0.05) is 23.3 Å². The zero-order valence-corrected chi connectivity index (χ0v) is 16.3. The Balaban J connectivity index is 1.57. The minimum Gasteiger partial charge on any atom is -0.441 e. The zero-order valence-electron chi connectivity index (χ0n) is 15.5. The second-order valence-electron chi connectivity index (χ2n) is 6.60. The van der Waals surface area contributed by atoms with E-state index in [1.54, 1.807) is 6.20 Å². The van der Waals surface area contributed by atoms with Crippen molar-refractivity contribution in [1.29, 1.82) is 0 Å². The summed E-state index contributed by atoms with van der Waals surface area (Å²) in [6.45, 7) is 8.26. The monoisotopic (exact) mass is 369 g/mol. The van der Waals surface area contributed by atoms with Crippen LogP contribution >= 0.6 is 11.3 Å². The van der Waals surface area contributed by atoms with Crippen molar-refractivity contribution in [3.63, 3.8) is 0 Å². The molecule has 3 rings (SSSR count). The molecular weight excluding hydrogens is 346 g/mol. The standard InChI is InChI=1S/C20H23N3O2S/c1-12(2)15-5-7-16(8-6-15)17-11-21-19(25-17)10-9-18(24)23-20-22-13(3)14(4)26-20/h5-8,11-12H,9-10H2,1-4H3,(H,22,23,24). The molecule has 1 N–H and O–H groups in total. The molecule has 136 valence electrons. The van der Waals surface area contributed by atoms with E-state index in [0.717, 1.165) is 21.9 Å². The Morgan fingerprint density at radius 3 is 2.58 bits per heavy atom. The number of amides is 1. The van der Waals surface area contributed by atoms with E-state index in [-0.39, 0.29) is 5.91 Å². The number of aryl methyl sites for hydroxylation is 3. The molecular formula is C20H23N3O2S. The van der Waals surface area contributed by atoms with Crippen LogP contribution < -0.4 is 5.32 Å². The number of nitrogens with one attached hydrogen (secondary N) is 1. The Hall–Kier alpha value is -2.47. The summed E-state index contributed by atoms with van der Waals surface area (Å²) in [5, 5.41) is 3.47. The minimum absolute atomic E-state index is 0.0835. The Bertz CT molecular complexity index is 875. The number of benzene rings is 1. The van der Waals surface area contributed by atoms with Crippen molar-refractivity contribution >= 4 is 22.4 Å². The molecule has 5 nitrogen and oxygen atoms in total. The lowest BCUT2D eigenvalue weighted by Gasteiger charge is -2.05. The van der Waals surface area contributed by atoms with E-state index >= 15 is 0 Å². The van der Waals surface area contributed by atoms with Gasteiger partial charge in [0.25, 0.3) is 0 Å². The predicted octanol–water partition coefficient (Wildman–Crippen LogP) is 5.11. The smallest absolute Gasteiger partial charge is 0.226 e. The number of anilines is 1. The van der Waals surface area contributed by atoms with Gasteiger partial charge >= 0.3 is 0 Å². The third-order valence-electron chi connectivity index (χ3n) is 4.26. The van der Waals surface area contributed by atoms with Gasteiger partial charge in [0.2, 0.25) is 5.91 Å². The molecule has 0 aliphatic heterocycles. The SMILES string of the molecule is Cc1nc(NC(=O)CCc2ncc(-c3ccc(C(C)C)cc3)o2)sc1C. The van der Waals surface area contributed by atoms with Gasteiger partial charge in [0.1, 0.15) is 0 Å². The zero-order chi connectivity index (χ0) is 18.7. The summed E-state index contributed by atoms with van der Waals surface area (Å²) in [6.07, 6.45) is 2.48. The van der Waals surface area contributed by atoms with Crippen LogP contribution in [0, 0.1) is 13.8 Å². The van der Waals surface area contributed by atoms with Crippen molar-refractivity contribution in [2.75, 3.05) is 5.32 Å². The fourth-order valence-corrected chi connectivity index (χ4v) is 3.35. The van der Waals surface area contributed by atoms with Gasteiger partial charge in [-0.3, -0.25) is 4.79 Å². The first kappa shape index (κ1) is 18.3. The summed E-state index contributed by atoms with van der Waals surface area (Å²) < 4.78 is 5.79. The Morgan fingerprint density at radius 1 is 1.23 bits per heavy atom. The van der Waals surface area contributed by atoms with Crippen LogP contribution in [0.5, 0.6) is 0 Å². The molecule has 0 radical (unpaired) electrons. The van der Waals surface area contributed by atoms with E-state index < -0.39 is 0 Å². The molecule has 26 heavy (non-hydrogen) atoms. The Morgan fingerprint density at radius 2 is 1.96 bits per heavy atom. The molecule has 3 aromatic rings. The Labute approximate surface area is 157 Å². The largest absolute Gasteiger partial charge is 0.441 e. The number of thiazole rings is 1. The number of hydrogen-bond donors (Lipinski definition) is 1. The van der Waals surface area contributed by atoms with Gasteiger partial charge < -0.3 is 9.73 Å². The van der Waals surface area contributed by atoms with Gasteiger partial charge in [0.05, 0.1) is 11.9 Å². The number of nitrogens with zero attached hydrogens (tertiary/aromatic N) is 2. The highest BCUT2D eigenvalue weighted by molar-refractivity contribution is 7.15. The maximum atomic E-state index is 12.1. The summed E-state index contributed by atoms with van der Waals surface area (Å²) in [5.41, 5.74) is 3.23. The molecule has 0 saturated heterocycles. The lowest BCUT2D eigenvalue weighted by atomic mass is 10.0. The molecule has 2 aromatic heterocycles. The van der Waals surface area contributed by atoms with E-state index in [1.165, 1.54) is 16.9 Å². The van der Waals surface area contributed by atoms with Crippen LogP contribution in [0.4, 0.5) is 5.13 Å². The molecule has 0 spiro atoms. The van der Waals surface area contributed by atoms with Gasteiger partial charge in [0.15, 0.2) is 16.8 Å². The molecule has 0 aliphatic carbocycles. The summed E-state index contributed by atoms with van der Waals surface area (Å²) >= 11 is 1.49. The molecule has 0 fully saturated rings. The van der Waals surface area contributed by atoms with Gasteiger partial charge in [-0.05, 0) is 25.3 Å². The van der Waals surface area contributed by atoms with Crippen molar-refractivity contribution in [2.45, 2.75) is 46.5 Å². The van der Waals surface area contributed by atoms with Crippen molar-refractivity contribution in [1.82, 2.24) is 9.97 Å². The summed E-state index contributed by atoms with van der Waals surface area (Å²) in [4.78, 5) is 21.8. The van der Waals surface area contributed by atoms with E-state index in [2.05, 4.69) is 41.3 Å². The molecule has 6 heteroatoms. The number of oxazole rings is 1. The Kier molecular flexibility index (Phi) is 5.52. The molecule has 0 unspecified atom stereocenters. The number of carbonyl (C=O) groups excluding carboxylic acids is 1. The first-order valence-electron chi connectivity index (χ1n) is 8.71. The van der Waals surface area contributed by atoms with Gasteiger partial charge in [-0.2, -0.15) is 0 Å². The highest BCUT2D eigenvalue weighted by atomic mass is 32.1. The van der Waals surface area contributed by atoms with Gasteiger partial charge in [-0.25, -0.2) is 9.97 Å². The third kappa shape index (κ3) is 4.38. The number of carbonyl (C=O) groups is 1. The highest BCUT2D eigenvalue weighted by Gasteiger charge is 2.11. The van der Waals surface area contributed by atoms with Crippen LogP contribution in [0.1, 0.15) is 48.2 Å². The van der Waals surface area contributed by atoms with Crippen molar-refractivity contribution in [2.24, 2.45) is 0 Å². The number of hydrogen-bond acceptors (Lipinski definition) is 5. The number of aromatic nitrogens is 2. The lowest BCUT2D eigenvalue weighted by molar-refractivity contribution is -0.116. The van der Waals surface area contributed by atoms with Crippen LogP contribution in [-0.4, -0.2) is 15.9 Å². The molecule has 1 aromatic carbocycles. The maximum Gasteiger partial charge on any atom is 0.226 e. The molecule has 1 amide bonds. The first-order chi connectivity index (χ1) is 12.4. The topological polar surface area (TPSA) is 68.0 Å². The predicted molar refractivity (Wildman–Crippen MR) is 105 cm³/mol. The van der Waals surface area contributed by atoms with E-state index in [4.69, 9.17) is 4.42 Å². The molecule has 2 heterocycles. The summed E-state index contributed by atoms with van der Waals surface area (Å²) in [7, 11) is 0. The fraction of sp³-hybridized carbons (Fsp3) is 0.350. The third-order valence-corrected chi connectivity index (χ3v) is 5.24. The average molecular weight is 369 g/mol. The van der Waals surface area contributed by atoms with Crippen LogP contribution in [0.15, 0.2) is 34.9 Å². The van der Waals surface area contributed by atoms with Crippen molar-refractivity contribution < 1.29 is 9.21 Å². The molecule has 0 bridgehead atoms. The van der Waals surface area contributed by atoms with Crippen LogP contribution in [-0.2, 0) is 11.2 Å². The minimum atomic E-state index is -0.0835. The van der Waals surface area contributed by atoms with Crippen LogP contribution in [0.2, 0.25) is 0 Å². The molecule has 0 aliphatic rings. The van der Waals surface area contributed by atoms with Gasteiger partial charge in [-0.15, -0.1) is 11.3 Å². The van der Waals surface area contributed by atoms with Gasteiger partial charge in [-0.1, -0.05) is 38.1 Å². The van der Waals surface area contributed by atoms with E-state index in [9.17, 15) is 4.79 Å². The van der Waals surface area contributed by atoms with E-state index in [1.807, 2.05) is 26.0 Å². The lowest BCUT2D eigenvalue weighted by Crippen LogP contribution is -2.12. The first-order valence-corrected chi connectivity index (χ1v) is 9.53. The summed E-state index contributed by atoms with van der Waals surface area (Å²) in [5.74, 6) is 1.70. The van der Waals surface area contributed by atoms with E-state index in [0.29, 0.717) is 29.8 Å². The quantitative estimate of drug-likeness (QED) is 0.655. The average Bonchev–Trinajstić information content (AvgIpc) is 3.20. The maximum absolute atomic E-state index is 12.1. The van der Waals surface area contributed by atoms with Crippen molar-refractivity contribution in [3.8, 4) is 11.3 Å². The molecule has 0 saturated carbocycles. The fourth-order valence-electron chi connectivity index (χ4n) is 2.52. The summed E-state index contributed by atoms with van der Waals surface area (Å²) in [6, 6.07) is 8.29. The van der Waals surface area contributed by atoms with Crippen LogP contribution in [0.3, 0.4) is 0 Å². The molecule has 0 atom stereocenters. The van der Waals surface area contributed by atoms with Crippen molar-refractivity contribution in [3.05, 3.63) is 52.5 Å². The van der Waals surface area contributed by atoms with Crippen LogP contribution in [0.25, 0.3) is 11.3 Å².